The van der Waals surface area contributed by atoms with Crippen LogP contribution in [0.2, 0.25) is 0 Å². The number of methoxy groups -OCH3 is 1. The van der Waals surface area contributed by atoms with Gasteiger partial charge in [-0.2, -0.15) is 0 Å². The number of piperazine rings is 1. The summed E-state index contributed by atoms with van der Waals surface area (Å²) in [6.45, 7) is 5.44. The topological polar surface area (TPSA) is 24.9 Å². The standard InChI is InChI=1S/C20H24F2N2O2/c1-25-20-18(21)8-7-16(19(20)22)15-24-11-9-23(10-12-24)13-14-26-17-5-3-2-4-6-17/h2-8H,9-15H2,1H3. The molecule has 1 aliphatic rings. The molecule has 0 aliphatic carbocycles. The predicted molar refractivity (Wildman–Crippen MR) is 96.6 cm³/mol. The lowest BCUT2D eigenvalue weighted by atomic mass is 10.1. The first-order valence-electron chi connectivity index (χ1n) is 8.81. The van der Waals surface area contributed by atoms with Gasteiger partial charge in [0.25, 0.3) is 0 Å². The molecule has 0 saturated carbocycles. The summed E-state index contributed by atoms with van der Waals surface area (Å²) in [6.07, 6.45) is 0. The van der Waals surface area contributed by atoms with Crippen LogP contribution in [0.3, 0.4) is 0 Å². The second kappa shape index (κ2) is 8.96. The van der Waals surface area contributed by atoms with E-state index in [0.29, 0.717) is 18.7 Å². The summed E-state index contributed by atoms with van der Waals surface area (Å²) in [4.78, 5) is 4.51. The molecule has 140 valence electrons. The third-order valence-electron chi connectivity index (χ3n) is 4.61. The molecular weight excluding hydrogens is 338 g/mol. The zero-order valence-electron chi connectivity index (χ0n) is 15.0. The molecule has 0 aromatic heterocycles. The minimum absolute atomic E-state index is 0.306. The summed E-state index contributed by atoms with van der Waals surface area (Å²) >= 11 is 0. The summed E-state index contributed by atoms with van der Waals surface area (Å²) in [5, 5.41) is 0. The molecule has 6 heteroatoms. The minimum atomic E-state index is -0.669. The third kappa shape index (κ3) is 4.71. The number of hydrogen-bond acceptors (Lipinski definition) is 4. The highest BCUT2D eigenvalue weighted by Gasteiger charge is 2.20. The summed E-state index contributed by atoms with van der Waals surface area (Å²) in [6, 6.07) is 12.5. The van der Waals surface area contributed by atoms with E-state index in [1.54, 1.807) is 0 Å². The first-order valence-corrected chi connectivity index (χ1v) is 8.81. The van der Waals surface area contributed by atoms with E-state index < -0.39 is 11.6 Å². The highest BCUT2D eigenvalue weighted by Crippen LogP contribution is 2.25. The maximum atomic E-state index is 14.3. The van der Waals surface area contributed by atoms with Crippen LogP contribution in [-0.2, 0) is 6.54 Å². The number of para-hydroxylation sites is 1. The number of halogens is 2. The van der Waals surface area contributed by atoms with E-state index in [0.717, 1.165) is 38.5 Å². The molecular formula is C20H24F2N2O2. The van der Waals surface area contributed by atoms with Crippen LogP contribution >= 0.6 is 0 Å². The molecule has 1 saturated heterocycles. The molecule has 0 N–H and O–H groups in total. The first-order chi connectivity index (χ1) is 12.7. The van der Waals surface area contributed by atoms with Gasteiger partial charge in [-0.3, -0.25) is 9.80 Å². The molecule has 2 aromatic rings. The molecule has 4 nitrogen and oxygen atoms in total. The van der Waals surface area contributed by atoms with Crippen molar-refractivity contribution in [3.8, 4) is 11.5 Å². The lowest BCUT2D eigenvalue weighted by Crippen LogP contribution is -2.47. The van der Waals surface area contributed by atoms with E-state index in [9.17, 15) is 8.78 Å². The molecule has 26 heavy (non-hydrogen) atoms. The Morgan fingerprint density at radius 2 is 1.62 bits per heavy atom. The molecule has 1 fully saturated rings. The predicted octanol–water partition coefficient (Wildman–Crippen LogP) is 3.17. The van der Waals surface area contributed by atoms with Gasteiger partial charge in [-0.15, -0.1) is 0 Å². The number of ether oxygens (including phenoxy) is 2. The molecule has 0 atom stereocenters. The normalized spacial score (nSPS) is 15.8. The van der Waals surface area contributed by atoms with Crippen LogP contribution in [0.4, 0.5) is 8.78 Å². The largest absolute Gasteiger partial charge is 0.492 e. The van der Waals surface area contributed by atoms with Crippen molar-refractivity contribution in [2.45, 2.75) is 6.54 Å². The minimum Gasteiger partial charge on any atom is -0.492 e. The molecule has 3 rings (SSSR count). The number of hydrogen-bond donors (Lipinski definition) is 0. The van der Waals surface area contributed by atoms with Crippen molar-refractivity contribution in [2.75, 3.05) is 46.4 Å². The van der Waals surface area contributed by atoms with Crippen molar-refractivity contribution in [1.29, 1.82) is 0 Å². The Bertz CT molecular complexity index is 704. The monoisotopic (exact) mass is 362 g/mol. The Balaban J connectivity index is 1.44. The van der Waals surface area contributed by atoms with Gasteiger partial charge in [0.1, 0.15) is 12.4 Å². The molecule has 0 unspecified atom stereocenters. The smallest absolute Gasteiger partial charge is 0.190 e. The van der Waals surface area contributed by atoms with Gasteiger partial charge in [0.2, 0.25) is 0 Å². The Kier molecular flexibility index (Phi) is 6.41. The van der Waals surface area contributed by atoms with Crippen LogP contribution in [0.25, 0.3) is 0 Å². The van der Waals surface area contributed by atoms with Gasteiger partial charge in [0, 0.05) is 44.8 Å². The van der Waals surface area contributed by atoms with Crippen LogP contribution in [0.15, 0.2) is 42.5 Å². The second-order valence-corrected chi connectivity index (χ2v) is 6.33. The fourth-order valence-electron chi connectivity index (χ4n) is 3.10. The van der Waals surface area contributed by atoms with Crippen molar-refractivity contribution in [2.24, 2.45) is 0 Å². The van der Waals surface area contributed by atoms with Gasteiger partial charge in [-0.25, -0.2) is 8.78 Å². The van der Waals surface area contributed by atoms with E-state index in [2.05, 4.69) is 9.80 Å². The van der Waals surface area contributed by atoms with Crippen molar-refractivity contribution < 1.29 is 18.3 Å². The zero-order valence-corrected chi connectivity index (χ0v) is 15.0. The molecule has 0 bridgehead atoms. The average molecular weight is 362 g/mol. The van der Waals surface area contributed by atoms with E-state index in [1.807, 2.05) is 30.3 Å². The first kappa shape index (κ1) is 18.6. The Labute approximate surface area is 152 Å². The van der Waals surface area contributed by atoms with Gasteiger partial charge in [-0.1, -0.05) is 24.3 Å². The third-order valence-corrected chi connectivity index (χ3v) is 4.61. The molecule has 2 aromatic carbocycles. The van der Waals surface area contributed by atoms with E-state index >= 15 is 0 Å². The Hall–Kier alpha value is -2.18. The summed E-state index contributed by atoms with van der Waals surface area (Å²) in [7, 11) is 1.28. The maximum absolute atomic E-state index is 14.3. The lowest BCUT2D eigenvalue weighted by Gasteiger charge is -2.34. The van der Waals surface area contributed by atoms with Crippen LogP contribution < -0.4 is 9.47 Å². The van der Waals surface area contributed by atoms with Crippen LogP contribution in [-0.4, -0.2) is 56.2 Å². The molecule has 0 radical (unpaired) electrons. The summed E-state index contributed by atoms with van der Waals surface area (Å²) in [5.74, 6) is -0.700. The van der Waals surface area contributed by atoms with Gasteiger partial charge >= 0.3 is 0 Å². The van der Waals surface area contributed by atoms with Crippen LogP contribution in [0, 0.1) is 11.6 Å². The van der Waals surface area contributed by atoms with Gasteiger partial charge in [0.15, 0.2) is 17.4 Å². The summed E-state index contributed by atoms with van der Waals surface area (Å²) < 4.78 is 38.3. The number of rotatable bonds is 7. The van der Waals surface area contributed by atoms with E-state index in [-0.39, 0.29) is 5.75 Å². The van der Waals surface area contributed by atoms with Crippen LogP contribution in [0.1, 0.15) is 5.56 Å². The van der Waals surface area contributed by atoms with Gasteiger partial charge in [-0.05, 0) is 18.2 Å². The molecule has 1 heterocycles. The second-order valence-electron chi connectivity index (χ2n) is 6.33. The van der Waals surface area contributed by atoms with E-state index in [4.69, 9.17) is 9.47 Å². The van der Waals surface area contributed by atoms with Crippen molar-refractivity contribution >= 4 is 0 Å². The fourth-order valence-corrected chi connectivity index (χ4v) is 3.10. The quantitative estimate of drug-likeness (QED) is 0.755. The Morgan fingerprint density at radius 3 is 2.31 bits per heavy atom. The highest BCUT2D eigenvalue weighted by atomic mass is 19.1. The Morgan fingerprint density at radius 1 is 0.923 bits per heavy atom. The lowest BCUT2D eigenvalue weighted by molar-refractivity contribution is 0.111. The van der Waals surface area contributed by atoms with Crippen molar-refractivity contribution in [3.63, 3.8) is 0 Å². The average Bonchev–Trinajstić information content (AvgIpc) is 2.67. The maximum Gasteiger partial charge on any atom is 0.190 e. The zero-order chi connectivity index (χ0) is 18.4. The van der Waals surface area contributed by atoms with Gasteiger partial charge < -0.3 is 9.47 Å². The highest BCUT2D eigenvalue weighted by molar-refractivity contribution is 5.32. The SMILES string of the molecule is COc1c(F)ccc(CN2CCN(CCOc3ccccc3)CC2)c1F. The van der Waals surface area contributed by atoms with Crippen LogP contribution in [0.5, 0.6) is 11.5 Å². The van der Waals surface area contributed by atoms with Gasteiger partial charge in [0.05, 0.1) is 7.11 Å². The van der Waals surface area contributed by atoms with Crippen molar-refractivity contribution in [3.05, 3.63) is 59.7 Å². The number of nitrogens with zero attached hydrogens (tertiary/aromatic N) is 2. The van der Waals surface area contributed by atoms with Crippen molar-refractivity contribution in [1.82, 2.24) is 9.80 Å². The molecule has 0 amide bonds. The fraction of sp³-hybridized carbons (Fsp3) is 0.400. The molecule has 1 aliphatic heterocycles. The summed E-state index contributed by atoms with van der Waals surface area (Å²) in [5.41, 5.74) is 0.462. The number of benzene rings is 2. The molecule has 0 spiro atoms. The van der Waals surface area contributed by atoms with E-state index in [1.165, 1.54) is 19.2 Å².